The number of nitriles is 1. The number of halogens is 2. The van der Waals surface area contributed by atoms with Crippen LogP contribution in [0.2, 0.25) is 0 Å². The summed E-state index contributed by atoms with van der Waals surface area (Å²) in [5, 5.41) is 8.85. The molecule has 1 rings (SSSR count). The molecule has 14 heavy (non-hydrogen) atoms. The molecule has 0 spiro atoms. The second-order valence-electron chi connectivity index (χ2n) is 2.47. The Kier molecular flexibility index (Phi) is 3.99. The molecular weight excluding hydrogens is 265 g/mol. The fraction of sp³-hybridized carbons (Fsp3) is 0.100. The Morgan fingerprint density at radius 1 is 1.64 bits per heavy atom. The van der Waals surface area contributed by atoms with E-state index in [1.54, 1.807) is 13.2 Å². The topological polar surface area (TPSA) is 33.0 Å². The zero-order chi connectivity index (χ0) is 10.6. The van der Waals surface area contributed by atoms with Crippen LogP contribution in [-0.4, -0.2) is 7.11 Å². The number of hydrogen-bond donors (Lipinski definition) is 0. The largest absolute Gasteiger partial charge is 0.497 e. The molecule has 0 N–H and O–H groups in total. The van der Waals surface area contributed by atoms with E-state index in [9.17, 15) is 0 Å². The van der Waals surface area contributed by atoms with Crippen molar-refractivity contribution < 1.29 is 4.74 Å². The standard InChI is InChI=1S/C10H7BrClNO/c1-14-7-2-3-9(11)8(6-7)10(12)4-5-13/h2-4,6H,1H3/b10-4-. The van der Waals surface area contributed by atoms with E-state index in [1.807, 2.05) is 18.2 Å². The molecule has 0 aliphatic carbocycles. The quantitative estimate of drug-likeness (QED) is 0.771. The highest BCUT2D eigenvalue weighted by atomic mass is 79.9. The first kappa shape index (κ1) is 11.1. The minimum absolute atomic E-state index is 0.387. The van der Waals surface area contributed by atoms with Crippen LogP contribution in [-0.2, 0) is 0 Å². The third-order valence-corrected chi connectivity index (χ3v) is 2.63. The van der Waals surface area contributed by atoms with Crippen LogP contribution in [0.15, 0.2) is 28.7 Å². The molecular formula is C10H7BrClNO. The Labute approximate surface area is 95.9 Å². The van der Waals surface area contributed by atoms with E-state index in [0.29, 0.717) is 10.8 Å². The summed E-state index contributed by atoms with van der Waals surface area (Å²) in [7, 11) is 1.58. The molecule has 4 heteroatoms. The van der Waals surface area contributed by atoms with Crippen LogP contribution in [0.4, 0.5) is 0 Å². The van der Waals surface area contributed by atoms with Crippen LogP contribution >= 0.6 is 27.5 Å². The number of rotatable bonds is 2. The van der Waals surface area contributed by atoms with E-state index in [0.717, 1.165) is 10.0 Å². The van der Waals surface area contributed by atoms with Gasteiger partial charge in [0.05, 0.1) is 18.2 Å². The maximum Gasteiger partial charge on any atom is 0.119 e. The summed E-state index contributed by atoms with van der Waals surface area (Å²) >= 11 is 9.23. The smallest absolute Gasteiger partial charge is 0.119 e. The molecule has 1 aromatic rings. The van der Waals surface area contributed by atoms with Crippen molar-refractivity contribution in [1.82, 2.24) is 0 Å². The van der Waals surface area contributed by atoms with Gasteiger partial charge in [0.2, 0.25) is 0 Å². The molecule has 0 amide bonds. The Hall–Kier alpha value is -0.980. The average Bonchev–Trinajstić information content (AvgIpc) is 2.19. The van der Waals surface area contributed by atoms with Crippen LogP contribution in [0, 0.1) is 11.3 Å². The number of allylic oxidation sites excluding steroid dienone is 1. The molecule has 0 heterocycles. The monoisotopic (exact) mass is 271 g/mol. The van der Waals surface area contributed by atoms with Gasteiger partial charge in [-0.3, -0.25) is 0 Å². The molecule has 0 unspecified atom stereocenters. The minimum atomic E-state index is 0.387. The molecule has 0 atom stereocenters. The van der Waals surface area contributed by atoms with Gasteiger partial charge in [0.1, 0.15) is 5.75 Å². The van der Waals surface area contributed by atoms with Gasteiger partial charge in [-0.15, -0.1) is 0 Å². The van der Waals surface area contributed by atoms with Gasteiger partial charge in [-0.2, -0.15) is 5.26 Å². The molecule has 0 radical (unpaired) electrons. The van der Waals surface area contributed by atoms with Crippen LogP contribution in [0.3, 0.4) is 0 Å². The zero-order valence-corrected chi connectivity index (χ0v) is 9.76. The lowest BCUT2D eigenvalue weighted by atomic mass is 10.2. The Bertz CT molecular complexity index is 409. The average molecular weight is 273 g/mol. The number of ether oxygens (including phenoxy) is 1. The molecule has 0 saturated heterocycles. The molecule has 2 nitrogen and oxygen atoms in total. The fourth-order valence-corrected chi connectivity index (χ4v) is 1.73. The maximum absolute atomic E-state index is 8.46. The highest BCUT2D eigenvalue weighted by Crippen LogP contribution is 2.30. The van der Waals surface area contributed by atoms with Gasteiger partial charge in [0.25, 0.3) is 0 Å². The SMILES string of the molecule is COc1ccc(Br)c(/C(Cl)=C/C#N)c1. The molecule has 0 aliphatic rings. The summed E-state index contributed by atoms with van der Waals surface area (Å²) in [4.78, 5) is 0. The zero-order valence-electron chi connectivity index (χ0n) is 7.42. The van der Waals surface area contributed by atoms with E-state index in [4.69, 9.17) is 21.6 Å². The van der Waals surface area contributed by atoms with Crippen molar-refractivity contribution in [1.29, 1.82) is 5.26 Å². The fourth-order valence-electron chi connectivity index (χ4n) is 0.949. The van der Waals surface area contributed by atoms with Crippen LogP contribution in [0.25, 0.3) is 5.03 Å². The Morgan fingerprint density at radius 2 is 2.36 bits per heavy atom. The molecule has 0 bridgehead atoms. The third kappa shape index (κ3) is 2.50. The summed E-state index contributed by atoms with van der Waals surface area (Å²) < 4.78 is 5.88. The predicted molar refractivity (Wildman–Crippen MR) is 60.1 cm³/mol. The normalized spacial score (nSPS) is 10.9. The second-order valence-corrected chi connectivity index (χ2v) is 3.73. The Morgan fingerprint density at radius 3 is 2.93 bits per heavy atom. The van der Waals surface area contributed by atoms with Crippen molar-refractivity contribution in [3.63, 3.8) is 0 Å². The lowest BCUT2D eigenvalue weighted by Crippen LogP contribution is -1.85. The van der Waals surface area contributed by atoms with Crippen molar-refractivity contribution in [2.45, 2.75) is 0 Å². The van der Waals surface area contributed by atoms with E-state index < -0.39 is 0 Å². The summed E-state index contributed by atoms with van der Waals surface area (Å²) in [6.45, 7) is 0. The molecule has 0 aromatic heterocycles. The molecule has 72 valence electrons. The number of methoxy groups -OCH3 is 1. The second kappa shape index (κ2) is 5.04. The molecule has 1 aromatic carbocycles. The first-order valence-corrected chi connectivity index (χ1v) is 4.95. The Balaban J connectivity index is 3.20. The van der Waals surface area contributed by atoms with E-state index >= 15 is 0 Å². The molecule has 0 saturated carbocycles. The van der Waals surface area contributed by atoms with Gasteiger partial charge in [-0.1, -0.05) is 27.5 Å². The summed E-state index contributed by atoms with van der Waals surface area (Å²) in [5.41, 5.74) is 0.743. The van der Waals surface area contributed by atoms with Gasteiger partial charge < -0.3 is 4.74 Å². The van der Waals surface area contributed by atoms with Gasteiger partial charge in [-0.05, 0) is 18.2 Å². The molecule has 0 fully saturated rings. The van der Waals surface area contributed by atoms with Crippen molar-refractivity contribution in [3.05, 3.63) is 34.3 Å². The van der Waals surface area contributed by atoms with Gasteiger partial charge in [0.15, 0.2) is 0 Å². The summed E-state index contributed by atoms with van der Waals surface area (Å²) in [6.07, 6.45) is 1.28. The maximum atomic E-state index is 8.46. The lowest BCUT2D eigenvalue weighted by molar-refractivity contribution is 0.414. The van der Waals surface area contributed by atoms with Crippen molar-refractivity contribution in [2.75, 3.05) is 7.11 Å². The van der Waals surface area contributed by atoms with Crippen molar-refractivity contribution in [2.24, 2.45) is 0 Å². The molecule has 0 aliphatic heterocycles. The van der Waals surface area contributed by atoms with Crippen molar-refractivity contribution in [3.8, 4) is 11.8 Å². The van der Waals surface area contributed by atoms with E-state index in [2.05, 4.69) is 15.9 Å². The summed E-state index contributed by atoms with van der Waals surface area (Å²) in [5.74, 6) is 0.702. The summed E-state index contributed by atoms with van der Waals surface area (Å²) in [6, 6.07) is 7.27. The first-order chi connectivity index (χ1) is 6.69. The minimum Gasteiger partial charge on any atom is -0.497 e. The predicted octanol–water partition coefficient (Wildman–Crippen LogP) is 3.56. The number of benzene rings is 1. The van der Waals surface area contributed by atoms with Crippen LogP contribution in [0.1, 0.15) is 5.56 Å². The van der Waals surface area contributed by atoms with Gasteiger partial charge >= 0.3 is 0 Å². The van der Waals surface area contributed by atoms with Crippen LogP contribution < -0.4 is 4.74 Å². The number of hydrogen-bond acceptors (Lipinski definition) is 2. The van der Waals surface area contributed by atoms with E-state index in [1.165, 1.54) is 6.08 Å². The van der Waals surface area contributed by atoms with Crippen LogP contribution in [0.5, 0.6) is 5.75 Å². The van der Waals surface area contributed by atoms with Gasteiger partial charge in [-0.25, -0.2) is 0 Å². The third-order valence-electron chi connectivity index (χ3n) is 1.62. The van der Waals surface area contributed by atoms with E-state index in [-0.39, 0.29) is 0 Å². The highest BCUT2D eigenvalue weighted by Gasteiger charge is 2.05. The number of nitrogens with zero attached hydrogens (tertiary/aromatic N) is 1. The lowest BCUT2D eigenvalue weighted by Gasteiger charge is -2.05. The highest BCUT2D eigenvalue weighted by molar-refractivity contribution is 9.10. The van der Waals surface area contributed by atoms with Crippen molar-refractivity contribution >= 4 is 32.6 Å². The van der Waals surface area contributed by atoms with Gasteiger partial charge in [0, 0.05) is 16.1 Å². The first-order valence-electron chi connectivity index (χ1n) is 3.78.